The summed E-state index contributed by atoms with van der Waals surface area (Å²) in [7, 11) is 3.66. The van der Waals surface area contributed by atoms with E-state index in [4.69, 9.17) is 4.74 Å². The van der Waals surface area contributed by atoms with E-state index >= 15 is 0 Å². The Kier molecular flexibility index (Phi) is 4.26. The van der Waals surface area contributed by atoms with Gasteiger partial charge in [-0.3, -0.25) is 14.4 Å². The number of carbonyl (C=O) groups is 1. The van der Waals surface area contributed by atoms with Crippen molar-refractivity contribution in [3.8, 4) is 0 Å². The van der Waals surface area contributed by atoms with Crippen LogP contribution in [0.25, 0.3) is 0 Å². The zero-order valence-electron chi connectivity index (χ0n) is 12.8. The molecule has 2 saturated heterocycles. The molecule has 1 aromatic rings. The molecule has 6 nitrogen and oxygen atoms in total. The van der Waals surface area contributed by atoms with Crippen LogP contribution in [0.1, 0.15) is 18.4 Å². The fourth-order valence-corrected chi connectivity index (χ4v) is 3.65. The van der Waals surface area contributed by atoms with Crippen molar-refractivity contribution in [1.82, 2.24) is 20.0 Å². The third kappa shape index (κ3) is 3.11. The van der Waals surface area contributed by atoms with Gasteiger partial charge in [-0.25, -0.2) is 0 Å². The molecule has 3 atom stereocenters. The van der Waals surface area contributed by atoms with Gasteiger partial charge in [-0.1, -0.05) is 0 Å². The molecule has 0 aromatic carbocycles. The highest BCUT2D eigenvalue weighted by atomic mass is 16.5. The van der Waals surface area contributed by atoms with Crippen LogP contribution in [-0.4, -0.2) is 53.4 Å². The van der Waals surface area contributed by atoms with Crippen LogP contribution in [0.3, 0.4) is 0 Å². The molecule has 3 rings (SSSR count). The molecule has 0 spiro atoms. The van der Waals surface area contributed by atoms with Crippen molar-refractivity contribution in [3.63, 3.8) is 0 Å². The van der Waals surface area contributed by atoms with Crippen LogP contribution in [-0.2, 0) is 23.1 Å². The number of ether oxygens (including phenoxy) is 1. The van der Waals surface area contributed by atoms with Gasteiger partial charge in [0.2, 0.25) is 5.91 Å². The minimum absolute atomic E-state index is 0.0884. The van der Waals surface area contributed by atoms with Gasteiger partial charge >= 0.3 is 0 Å². The predicted octanol–water partition coefficient (Wildman–Crippen LogP) is 0.393. The van der Waals surface area contributed by atoms with Crippen LogP contribution in [0.5, 0.6) is 0 Å². The lowest BCUT2D eigenvalue weighted by Gasteiger charge is -2.44. The molecule has 116 valence electrons. The number of hydrogen-bond acceptors (Lipinski definition) is 4. The molecular weight excluding hydrogens is 268 g/mol. The number of rotatable bonds is 3. The van der Waals surface area contributed by atoms with Gasteiger partial charge in [0.1, 0.15) is 0 Å². The highest BCUT2D eigenvalue weighted by molar-refractivity contribution is 5.78. The molecule has 0 bridgehead atoms. The second kappa shape index (κ2) is 6.15. The number of likely N-dealkylation sites (tertiary alicyclic amines) is 1. The Labute approximate surface area is 125 Å². The molecule has 6 heteroatoms. The van der Waals surface area contributed by atoms with E-state index in [-0.39, 0.29) is 17.9 Å². The number of aryl methyl sites for hydroxylation is 1. The summed E-state index contributed by atoms with van der Waals surface area (Å²) in [6, 6.07) is 0. The van der Waals surface area contributed by atoms with Gasteiger partial charge in [0.05, 0.1) is 12.3 Å². The van der Waals surface area contributed by atoms with E-state index in [2.05, 4.69) is 21.5 Å². The molecule has 2 aliphatic heterocycles. The normalized spacial score (nSPS) is 29.9. The Bertz CT molecular complexity index is 502. The molecule has 1 amide bonds. The van der Waals surface area contributed by atoms with Gasteiger partial charge in [-0.05, 0) is 12.8 Å². The Morgan fingerprint density at radius 3 is 3.10 bits per heavy atom. The van der Waals surface area contributed by atoms with E-state index in [0.29, 0.717) is 12.5 Å². The van der Waals surface area contributed by atoms with Crippen LogP contribution >= 0.6 is 0 Å². The van der Waals surface area contributed by atoms with Crippen molar-refractivity contribution in [1.29, 1.82) is 0 Å². The number of amides is 1. The van der Waals surface area contributed by atoms with Gasteiger partial charge in [-0.2, -0.15) is 5.10 Å². The largest absolute Gasteiger partial charge is 0.378 e. The van der Waals surface area contributed by atoms with Crippen molar-refractivity contribution in [3.05, 3.63) is 18.0 Å². The zero-order chi connectivity index (χ0) is 14.8. The number of aromatic nitrogens is 2. The molecule has 1 aromatic heterocycles. The Balaban J connectivity index is 1.66. The maximum absolute atomic E-state index is 12.1. The highest BCUT2D eigenvalue weighted by Gasteiger charge is 2.41. The second-order valence-corrected chi connectivity index (χ2v) is 6.13. The number of hydrogen-bond donors (Lipinski definition) is 1. The third-order valence-corrected chi connectivity index (χ3v) is 4.70. The van der Waals surface area contributed by atoms with Crippen molar-refractivity contribution < 1.29 is 9.53 Å². The highest BCUT2D eigenvalue weighted by Crippen LogP contribution is 2.33. The average Bonchev–Trinajstić information content (AvgIpc) is 2.91. The van der Waals surface area contributed by atoms with Crippen molar-refractivity contribution in [2.24, 2.45) is 18.9 Å². The number of piperidine rings is 1. The van der Waals surface area contributed by atoms with E-state index in [1.165, 1.54) is 5.56 Å². The lowest BCUT2D eigenvalue weighted by Crippen LogP contribution is -2.52. The molecule has 21 heavy (non-hydrogen) atoms. The quantitative estimate of drug-likeness (QED) is 0.876. The van der Waals surface area contributed by atoms with Crippen LogP contribution in [0.4, 0.5) is 0 Å². The van der Waals surface area contributed by atoms with Crippen LogP contribution in [0.2, 0.25) is 0 Å². The van der Waals surface area contributed by atoms with E-state index in [1.54, 1.807) is 7.05 Å². The summed E-state index contributed by atoms with van der Waals surface area (Å²) < 4.78 is 7.72. The van der Waals surface area contributed by atoms with E-state index in [0.717, 1.165) is 32.5 Å². The summed E-state index contributed by atoms with van der Waals surface area (Å²) >= 11 is 0. The maximum atomic E-state index is 12.1. The number of nitrogens with zero attached hydrogens (tertiary/aromatic N) is 3. The minimum atomic E-state index is 0.0884. The SMILES string of the molecule is CNC(=O)[C@@H]1CCO[C@@H]2CCN(Cc3cnn(C)c3)C[C@H]21. The summed E-state index contributed by atoms with van der Waals surface area (Å²) in [6.07, 6.45) is 6.06. The van der Waals surface area contributed by atoms with Crippen LogP contribution < -0.4 is 5.32 Å². The van der Waals surface area contributed by atoms with Crippen molar-refractivity contribution >= 4 is 5.91 Å². The molecule has 2 aliphatic rings. The Morgan fingerprint density at radius 2 is 2.38 bits per heavy atom. The minimum Gasteiger partial charge on any atom is -0.378 e. The number of nitrogens with one attached hydrogen (secondary N) is 1. The summed E-state index contributed by atoms with van der Waals surface area (Å²) in [4.78, 5) is 14.5. The first-order chi connectivity index (χ1) is 10.2. The monoisotopic (exact) mass is 292 g/mol. The summed E-state index contributed by atoms with van der Waals surface area (Å²) in [5.74, 6) is 0.561. The first kappa shape index (κ1) is 14.5. The Morgan fingerprint density at radius 1 is 1.52 bits per heavy atom. The standard InChI is InChI=1S/C15H24N4O2/c1-16-15(20)12-4-6-21-14-3-5-19(10-13(12)14)9-11-7-17-18(2)8-11/h7-8,12-14H,3-6,9-10H2,1-2H3,(H,16,20)/t12-,13+,14-/m1/s1. The molecule has 2 fully saturated rings. The van der Waals surface area contributed by atoms with Crippen molar-refractivity contribution in [2.45, 2.75) is 25.5 Å². The fraction of sp³-hybridized carbons (Fsp3) is 0.733. The van der Waals surface area contributed by atoms with Gasteiger partial charge in [0.25, 0.3) is 0 Å². The van der Waals surface area contributed by atoms with Gasteiger partial charge in [-0.15, -0.1) is 0 Å². The number of carbonyl (C=O) groups excluding carboxylic acids is 1. The van der Waals surface area contributed by atoms with Crippen LogP contribution in [0.15, 0.2) is 12.4 Å². The average molecular weight is 292 g/mol. The van der Waals surface area contributed by atoms with Gasteiger partial charge in [0, 0.05) is 63.9 Å². The van der Waals surface area contributed by atoms with Gasteiger partial charge in [0.15, 0.2) is 0 Å². The summed E-state index contributed by atoms with van der Waals surface area (Å²) in [5, 5.41) is 7.03. The fourth-order valence-electron chi connectivity index (χ4n) is 3.65. The topological polar surface area (TPSA) is 59.4 Å². The van der Waals surface area contributed by atoms with Crippen molar-refractivity contribution in [2.75, 3.05) is 26.7 Å². The lowest BCUT2D eigenvalue weighted by molar-refractivity contribution is -0.141. The van der Waals surface area contributed by atoms with Crippen LogP contribution in [0, 0.1) is 11.8 Å². The second-order valence-electron chi connectivity index (χ2n) is 6.13. The smallest absolute Gasteiger partial charge is 0.223 e. The molecule has 1 N–H and O–H groups in total. The number of fused-ring (bicyclic) bond motifs is 1. The van der Waals surface area contributed by atoms with E-state index < -0.39 is 0 Å². The maximum Gasteiger partial charge on any atom is 0.223 e. The molecular formula is C15H24N4O2. The van der Waals surface area contributed by atoms with E-state index in [9.17, 15) is 4.79 Å². The molecule has 3 heterocycles. The zero-order valence-corrected chi connectivity index (χ0v) is 12.8. The first-order valence-electron chi connectivity index (χ1n) is 7.70. The van der Waals surface area contributed by atoms with E-state index in [1.807, 2.05) is 17.9 Å². The van der Waals surface area contributed by atoms with Gasteiger partial charge < -0.3 is 10.1 Å². The predicted molar refractivity (Wildman–Crippen MR) is 78.5 cm³/mol. The molecule has 0 radical (unpaired) electrons. The summed E-state index contributed by atoms with van der Waals surface area (Å²) in [5.41, 5.74) is 1.23. The third-order valence-electron chi connectivity index (χ3n) is 4.70. The molecule has 0 unspecified atom stereocenters. The Hall–Kier alpha value is -1.40. The first-order valence-corrected chi connectivity index (χ1v) is 7.70. The molecule has 0 aliphatic carbocycles. The summed E-state index contributed by atoms with van der Waals surface area (Å²) in [6.45, 7) is 3.56. The molecule has 0 saturated carbocycles. The lowest BCUT2D eigenvalue weighted by atomic mass is 9.79.